The molecule has 0 saturated heterocycles. The number of aryl methyl sites for hydroxylation is 1. The van der Waals surface area contributed by atoms with Crippen molar-refractivity contribution in [1.29, 1.82) is 0 Å². The molecule has 0 unspecified atom stereocenters. The third-order valence-electron chi connectivity index (χ3n) is 3.06. The van der Waals surface area contributed by atoms with Crippen LogP contribution in [0, 0.1) is 0 Å². The molecule has 0 fully saturated rings. The van der Waals surface area contributed by atoms with Gasteiger partial charge in [-0.3, -0.25) is 0 Å². The third-order valence-corrected chi connectivity index (χ3v) is 3.06. The molecule has 0 amide bonds. The summed E-state index contributed by atoms with van der Waals surface area (Å²) in [5.41, 5.74) is 8.05. The van der Waals surface area contributed by atoms with Crippen LogP contribution < -0.4 is 5.73 Å². The average molecular weight is 247 g/mol. The lowest BCUT2D eigenvalue weighted by atomic mass is 10.2. The number of anilines is 1. The van der Waals surface area contributed by atoms with Crippen LogP contribution in [-0.4, -0.2) is 19.1 Å². The van der Waals surface area contributed by atoms with Crippen LogP contribution in [0.15, 0.2) is 12.5 Å². The highest BCUT2D eigenvalue weighted by molar-refractivity contribution is 5.68. The smallest absolute Gasteiger partial charge is 0.133 e. The summed E-state index contributed by atoms with van der Waals surface area (Å²) in [6.07, 6.45) is 4.62. The van der Waals surface area contributed by atoms with Crippen molar-refractivity contribution in [2.75, 3.05) is 5.73 Å². The molecule has 2 heterocycles. The zero-order chi connectivity index (χ0) is 13.3. The predicted octanol–water partition coefficient (Wildman–Crippen LogP) is 2.40. The molecular formula is C13H21N5. The van der Waals surface area contributed by atoms with Gasteiger partial charge in [-0.1, -0.05) is 20.8 Å². The van der Waals surface area contributed by atoms with Crippen molar-refractivity contribution in [2.45, 2.75) is 39.7 Å². The summed E-state index contributed by atoms with van der Waals surface area (Å²) in [7, 11) is 1.95. The largest absolute Gasteiger partial charge is 0.383 e. The van der Waals surface area contributed by atoms with E-state index in [4.69, 9.17) is 10.7 Å². The van der Waals surface area contributed by atoms with Gasteiger partial charge in [0.05, 0.1) is 18.2 Å². The minimum atomic E-state index is 0.362. The van der Waals surface area contributed by atoms with Crippen LogP contribution in [0.25, 0.3) is 11.4 Å². The van der Waals surface area contributed by atoms with Gasteiger partial charge in [-0.15, -0.1) is 0 Å². The van der Waals surface area contributed by atoms with Gasteiger partial charge in [0.25, 0.3) is 0 Å². The zero-order valence-corrected chi connectivity index (χ0v) is 11.5. The van der Waals surface area contributed by atoms with Gasteiger partial charge in [0.15, 0.2) is 0 Å². The van der Waals surface area contributed by atoms with Crippen LogP contribution >= 0.6 is 0 Å². The molecule has 0 aromatic carbocycles. The molecule has 0 atom stereocenters. The summed E-state index contributed by atoms with van der Waals surface area (Å²) in [5.74, 6) is 2.15. The second-order valence-corrected chi connectivity index (χ2v) is 4.90. The van der Waals surface area contributed by atoms with Crippen molar-refractivity contribution in [3.8, 4) is 11.4 Å². The van der Waals surface area contributed by atoms with E-state index in [-0.39, 0.29) is 0 Å². The van der Waals surface area contributed by atoms with Gasteiger partial charge in [-0.25, -0.2) is 9.97 Å². The minimum Gasteiger partial charge on any atom is -0.383 e. The van der Waals surface area contributed by atoms with Crippen LogP contribution in [-0.2, 0) is 13.6 Å². The van der Waals surface area contributed by atoms with E-state index in [2.05, 4.69) is 30.3 Å². The van der Waals surface area contributed by atoms with Gasteiger partial charge in [0, 0.05) is 19.5 Å². The molecule has 5 heteroatoms. The van der Waals surface area contributed by atoms with Gasteiger partial charge in [0.2, 0.25) is 0 Å². The molecule has 0 saturated carbocycles. The van der Waals surface area contributed by atoms with E-state index in [0.29, 0.717) is 5.92 Å². The van der Waals surface area contributed by atoms with Crippen LogP contribution in [0.5, 0.6) is 0 Å². The lowest BCUT2D eigenvalue weighted by Gasteiger charge is -2.10. The Balaban J connectivity index is 2.56. The summed E-state index contributed by atoms with van der Waals surface area (Å²) in [6, 6.07) is 0. The number of aromatic nitrogens is 4. The summed E-state index contributed by atoms with van der Waals surface area (Å²) in [5, 5.41) is 0. The first-order chi connectivity index (χ1) is 8.56. The quantitative estimate of drug-likeness (QED) is 0.902. The van der Waals surface area contributed by atoms with Crippen molar-refractivity contribution in [3.05, 3.63) is 18.3 Å². The molecule has 18 heavy (non-hydrogen) atoms. The van der Waals surface area contributed by atoms with Crippen molar-refractivity contribution >= 4 is 5.82 Å². The Bertz CT molecular complexity index is 536. The fraction of sp³-hybridized carbons (Fsp3) is 0.538. The van der Waals surface area contributed by atoms with E-state index in [1.54, 1.807) is 12.5 Å². The fourth-order valence-electron chi connectivity index (χ4n) is 2.16. The Morgan fingerprint density at radius 3 is 2.61 bits per heavy atom. The molecule has 98 valence electrons. The first-order valence-electron chi connectivity index (χ1n) is 6.38. The Kier molecular flexibility index (Phi) is 3.41. The number of rotatable bonds is 4. The predicted molar refractivity (Wildman–Crippen MR) is 73.2 cm³/mol. The number of hydrogen-bond acceptors (Lipinski definition) is 3. The number of nitrogens with zero attached hydrogens (tertiary/aromatic N) is 4. The van der Waals surface area contributed by atoms with Gasteiger partial charge in [-0.2, -0.15) is 0 Å². The van der Waals surface area contributed by atoms with E-state index >= 15 is 0 Å². The van der Waals surface area contributed by atoms with Crippen LogP contribution in [0.3, 0.4) is 0 Å². The number of hydrogen-bond donors (Lipinski definition) is 1. The van der Waals surface area contributed by atoms with E-state index in [1.807, 2.05) is 11.6 Å². The Labute approximate surface area is 108 Å². The van der Waals surface area contributed by atoms with Gasteiger partial charge in [-0.05, 0) is 6.42 Å². The highest BCUT2D eigenvalue weighted by Gasteiger charge is 2.19. The molecule has 0 aliphatic heterocycles. The molecule has 5 nitrogen and oxygen atoms in total. The minimum absolute atomic E-state index is 0.362. The Morgan fingerprint density at radius 1 is 1.39 bits per heavy atom. The maximum Gasteiger partial charge on any atom is 0.133 e. The third kappa shape index (κ3) is 2.00. The van der Waals surface area contributed by atoms with Gasteiger partial charge >= 0.3 is 0 Å². The molecule has 0 bridgehead atoms. The normalized spacial score (nSPS) is 11.4. The lowest BCUT2D eigenvalue weighted by molar-refractivity contribution is 0.616. The average Bonchev–Trinajstić information content (AvgIpc) is 2.85. The molecule has 0 aliphatic rings. The summed E-state index contributed by atoms with van der Waals surface area (Å²) in [4.78, 5) is 8.84. The monoisotopic (exact) mass is 247 g/mol. The molecule has 2 aromatic heterocycles. The van der Waals surface area contributed by atoms with Crippen molar-refractivity contribution in [2.24, 2.45) is 7.05 Å². The Morgan fingerprint density at radius 2 is 2.11 bits per heavy atom. The SMILES string of the molecule is CCCn1c(C(C)C)nc(-c2cncn2C)c1N. The zero-order valence-electron chi connectivity index (χ0n) is 11.5. The van der Waals surface area contributed by atoms with E-state index in [1.165, 1.54) is 0 Å². The Hall–Kier alpha value is -1.78. The van der Waals surface area contributed by atoms with Crippen molar-refractivity contribution in [3.63, 3.8) is 0 Å². The topological polar surface area (TPSA) is 61.7 Å². The van der Waals surface area contributed by atoms with Crippen LogP contribution in [0.2, 0.25) is 0 Å². The van der Waals surface area contributed by atoms with Gasteiger partial charge < -0.3 is 14.9 Å². The van der Waals surface area contributed by atoms with Crippen molar-refractivity contribution in [1.82, 2.24) is 19.1 Å². The fourth-order valence-corrected chi connectivity index (χ4v) is 2.16. The summed E-state index contributed by atoms with van der Waals surface area (Å²) >= 11 is 0. The van der Waals surface area contributed by atoms with E-state index < -0.39 is 0 Å². The highest BCUT2D eigenvalue weighted by Crippen LogP contribution is 2.29. The maximum atomic E-state index is 6.25. The standard InChI is InChI=1S/C13H21N5/c1-5-6-18-12(14)11(16-13(18)9(2)3)10-7-15-8-17(10)4/h7-9H,5-6,14H2,1-4H3. The first-order valence-corrected chi connectivity index (χ1v) is 6.38. The second kappa shape index (κ2) is 4.84. The van der Waals surface area contributed by atoms with E-state index in [9.17, 15) is 0 Å². The van der Waals surface area contributed by atoms with E-state index in [0.717, 1.165) is 36.0 Å². The molecule has 2 rings (SSSR count). The molecule has 0 spiro atoms. The summed E-state index contributed by atoms with van der Waals surface area (Å²) in [6.45, 7) is 7.33. The molecule has 2 aromatic rings. The first kappa shape index (κ1) is 12.7. The molecule has 0 radical (unpaired) electrons. The van der Waals surface area contributed by atoms with Crippen LogP contribution in [0.1, 0.15) is 38.9 Å². The molecular weight excluding hydrogens is 226 g/mol. The van der Waals surface area contributed by atoms with Crippen molar-refractivity contribution < 1.29 is 0 Å². The molecule has 2 N–H and O–H groups in total. The molecule has 0 aliphatic carbocycles. The lowest BCUT2D eigenvalue weighted by Crippen LogP contribution is -2.08. The number of imidazole rings is 2. The number of nitrogen functional groups attached to an aromatic ring is 1. The van der Waals surface area contributed by atoms with Crippen LogP contribution in [0.4, 0.5) is 5.82 Å². The highest BCUT2D eigenvalue weighted by atomic mass is 15.2. The maximum absolute atomic E-state index is 6.25. The number of nitrogens with two attached hydrogens (primary N) is 1. The van der Waals surface area contributed by atoms with Gasteiger partial charge in [0.1, 0.15) is 17.3 Å². The summed E-state index contributed by atoms with van der Waals surface area (Å²) < 4.78 is 4.06. The second-order valence-electron chi connectivity index (χ2n) is 4.90.